The summed E-state index contributed by atoms with van der Waals surface area (Å²) < 4.78 is 0. The Labute approximate surface area is 118 Å². The molecule has 0 spiro atoms. The average molecular weight is 288 g/mol. The van der Waals surface area contributed by atoms with Crippen molar-refractivity contribution in [3.8, 4) is 0 Å². The summed E-state index contributed by atoms with van der Waals surface area (Å²) in [5, 5.41) is 14.4. The van der Waals surface area contributed by atoms with Gasteiger partial charge in [0, 0.05) is 24.8 Å². The molecule has 110 valence electrons. The lowest BCUT2D eigenvalue weighted by atomic mass is 10.0. The summed E-state index contributed by atoms with van der Waals surface area (Å²) in [6.45, 7) is 2.62. The zero-order valence-electron chi connectivity index (χ0n) is 11.5. The third-order valence-corrected chi connectivity index (χ3v) is 4.48. The van der Waals surface area contributed by atoms with Gasteiger partial charge in [-0.1, -0.05) is 6.92 Å². The molecule has 0 aromatic heterocycles. The van der Waals surface area contributed by atoms with Gasteiger partial charge in [-0.3, -0.25) is 4.79 Å². The average Bonchev–Trinajstić information content (AvgIpc) is 2.37. The van der Waals surface area contributed by atoms with Crippen LogP contribution in [0.4, 0.5) is 4.79 Å². The Bertz CT molecular complexity index is 294. The van der Waals surface area contributed by atoms with Crippen molar-refractivity contribution in [2.45, 2.75) is 45.1 Å². The smallest absolute Gasteiger partial charge is 0.315 e. The minimum Gasteiger partial charge on any atom is -0.481 e. The van der Waals surface area contributed by atoms with Crippen LogP contribution in [-0.4, -0.2) is 41.2 Å². The van der Waals surface area contributed by atoms with Crippen LogP contribution in [0.25, 0.3) is 0 Å². The lowest BCUT2D eigenvalue weighted by molar-refractivity contribution is -0.137. The zero-order chi connectivity index (χ0) is 14.1. The SMILES string of the molecule is CC(CCNC(=O)NC1CCCSC1)CCC(=O)O. The maximum absolute atomic E-state index is 11.6. The minimum absolute atomic E-state index is 0.0991. The van der Waals surface area contributed by atoms with Crippen molar-refractivity contribution < 1.29 is 14.7 Å². The van der Waals surface area contributed by atoms with E-state index in [2.05, 4.69) is 10.6 Å². The van der Waals surface area contributed by atoms with Crippen molar-refractivity contribution in [3.63, 3.8) is 0 Å². The largest absolute Gasteiger partial charge is 0.481 e. The molecule has 2 atom stereocenters. The zero-order valence-corrected chi connectivity index (χ0v) is 12.3. The normalized spacial score (nSPS) is 20.6. The first-order valence-corrected chi connectivity index (χ1v) is 8.07. The van der Waals surface area contributed by atoms with Gasteiger partial charge in [-0.25, -0.2) is 4.79 Å². The van der Waals surface area contributed by atoms with Gasteiger partial charge in [0.1, 0.15) is 0 Å². The molecule has 1 fully saturated rings. The Morgan fingerprint density at radius 1 is 1.42 bits per heavy atom. The number of rotatable bonds is 7. The molecule has 1 aliphatic rings. The van der Waals surface area contributed by atoms with E-state index in [9.17, 15) is 9.59 Å². The Kier molecular flexibility index (Phi) is 7.70. The number of aliphatic carboxylic acids is 1. The number of thioether (sulfide) groups is 1. The topological polar surface area (TPSA) is 78.4 Å². The van der Waals surface area contributed by atoms with Crippen molar-refractivity contribution in [1.82, 2.24) is 10.6 Å². The summed E-state index contributed by atoms with van der Waals surface area (Å²) in [5.74, 6) is 1.76. The molecule has 0 bridgehead atoms. The van der Waals surface area contributed by atoms with Crippen LogP contribution in [0.15, 0.2) is 0 Å². The molecule has 0 aromatic rings. The first-order chi connectivity index (χ1) is 9.08. The number of hydrogen-bond donors (Lipinski definition) is 3. The monoisotopic (exact) mass is 288 g/mol. The molecule has 0 aromatic carbocycles. The number of carbonyl (C=O) groups is 2. The number of carboxylic acid groups (broad SMARTS) is 1. The maximum Gasteiger partial charge on any atom is 0.315 e. The number of amides is 2. The van der Waals surface area contributed by atoms with Crippen LogP contribution < -0.4 is 10.6 Å². The van der Waals surface area contributed by atoms with Crippen molar-refractivity contribution in [1.29, 1.82) is 0 Å². The van der Waals surface area contributed by atoms with Crippen LogP contribution in [0.3, 0.4) is 0 Å². The van der Waals surface area contributed by atoms with Crippen molar-refractivity contribution in [2.24, 2.45) is 5.92 Å². The highest BCUT2D eigenvalue weighted by molar-refractivity contribution is 7.99. The minimum atomic E-state index is -0.757. The molecule has 19 heavy (non-hydrogen) atoms. The van der Waals surface area contributed by atoms with Crippen LogP contribution in [0.2, 0.25) is 0 Å². The summed E-state index contributed by atoms with van der Waals surface area (Å²) in [4.78, 5) is 22.1. The molecular weight excluding hydrogens is 264 g/mol. The number of carboxylic acids is 1. The van der Waals surface area contributed by atoms with Gasteiger partial charge in [-0.2, -0.15) is 11.8 Å². The lowest BCUT2D eigenvalue weighted by Gasteiger charge is -2.22. The number of hydrogen-bond acceptors (Lipinski definition) is 3. The lowest BCUT2D eigenvalue weighted by Crippen LogP contribution is -2.44. The van der Waals surface area contributed by atoms with E-state index >= 15 is 0 Å². The molecule has 6 heteroatoms. The van der Waals surface area contributed by atoms with E-state index in [1.54, 1.807) is 0 Å². The van der Waals surface area contributed by atoms with Crippen LogP contribution in [0, 0.1) is 5.92 Å². The molecule has 1 heterocycles. The van der Waals surface area contributed by atoms with Crippen molar-refractivity contribution >= 4 is 23.8 Å². The van der Waals surface area contributed by atoms with E-state index in [0.717, 1.165) is 18.6 Å². The van der Waals surface area contributed by atoms with Gasteiger partial charge in [0.15, 0.2) is 0 Å². The summed E-state index contributed by atoms with van der Waals surface area (Å²) in [6, 6.07) is 0.195. The van der Waals surface area contributed by atoms with Crippen LogP contribution in [-0.2, 0) is 4.79 Å². The second-order valence-electron chi connectivity index (χ2n) is 5.14. The Morgan fingerprint density at radius 2 is 2.21 bits per heavy atom. The van der Waals surface area contributed by atoms with E-state index in [-0.39, 0.29) is 12.5 Å². The fraction of sp³-hybridized carbons (Fsp3) is 0.846. The molecule has 2 amide bonds. The fourth-order valence-corrected chi connectivity index (χ4v) is 3.11. The Hall–Kier alpha value is -0.910. The third kappa shape index (κ3) is 7.97. The van der Waals surface area contributed by atoms with Gasteiger partial charge in [-0.05, 0) is 37.4 Å². The van der Waals surface area contributed by atoms with Crippen molar-refractivity contribution in [2.75, 3.05) is 18.1 Å². The number of carbonyl (C=O) groups excluding carboxylic acids is 1. The van der Waals surface area contributed by atoms with Gasteiger partial charge in [0.05, 0.1) is 0 Å². The van der Waals surface area contributed by atoms with Gasteiger partial charge in [0.25, 0.3) is 0 Å². The van der Waals surface area contributed by atoms with Crippen LogP contribution in [0.5, 0.6) is 0 Å². The maximum atomic E-state index is 11.6. The second kappa shape index (κ2) is 9.07. The van der Waals surface area contributed by atoms with E-state index in [1.165, 1.54) is 12.2 Å². The van der Waals surface area contributed by atoms with E-state index < -0.39 is 5.97 Å². The summed E-state index contributed by atoms with van der Waals surface area (Å²) in [5.41, 5.74) is 0. The molecule has 0 saturated carbocycles. The molecule has 5 nitrogen and oxygen atoms in total. The van der Waals surface area contributed by atoms with Crippen LogP contribution >= 0.6 is 11.8 Å². The Morgan fingerprint density at radius 3 is 2.84 bits per heavy atom. The highest BCUT2D eigenvalue weighted by Gasteiger charge is 2.15. The summed E-state index contributed by atoms with van der Waals surface area (Å²) in [7, 11) is 0. The van der Waals surface area contributed by atoms with Gasteiger partial charge in [0.2, 0.25) is 0 Å². The molecule has 2 unspecified atom stereocenters. The van der Waals surface area contributed by atoms with E-state index in [1.807, 2.05) is 18.7 Å². The van der Waals surface area contributed by atoms with Crippen molar-refractivity contribution in [3.05, 3.63) is 0 Å². The van der Waals surface area contributed by atoms with E-state index in [0.29, 0.717) is 24.9 Å². The highest BCUT2D eigenvalue weighted by atomic mass is 32.2. The predicted octanol–water partition coefficient (Wildman–Crippen LogP) is 2.07. The Balaban J connectivity index is 2.04. The summed E-state index contributed by atoms with van der Waals surface area (Å²) in [6.07, 6.45) is 3.92. The van der Waals surface area contributed by atoms with E-state index in [4.69, 9.17) is 5.11 Å². The van der Waals surface area contributed by atoms with Gasteiger partial charge >= 0.3 is 12.0 Å². The quantitative estimate of drug-likeness (QED) is 0.670. The molecule has 0 aliphatic carbocycles. The van der Waals surface area contributed by atoms with Gasteiger partial charge < -0.3 is 15.7 Å². The molecule has 3 N–H and O–H groups in total. The highest BCUT2D eigenvalue weighted by Crippen LogP contribution is 2.16. The fourth-order valence-electron chi connectivity index (χ4n) is 2.04. The molecule has 0 radical (unpaired) electrons. The van der Waals surface area contributed by atoms with Gasteiger partial charge in [-0.15, -0.1) is 0 Å². The molecule has 1 rings (SSSR count). The second-order valence-corrected chi connectivity index (χ2v) is 6.29. The third-order valence-electron chi connectivity index (χ3n) is 3.27. The number of nitrogens with one attached hydrogen (secondary N) is 2. The first-order valence-electron chi connectivity index (χ1n) is 6.92. The molecule has 1 saturated heterocycles. The standard InChI is InChI=1S/C13H24N2O3S/c1-10(4-5-12(16)17)6-7-14-13(18)15-11-3-2-8-19-9-11/h10-11H,2-9H2,1H3,(H,16,17)(H2,14,15,18). The number of urea groups is 1. The summed E-state index contributed by atoms with van der Waals surface area (Å²) >= 11 is 1.88. The first kappa shape index (κ1) is 16.1. The molecular formula is C13H24N2O3S. The van der Waals surface area contributed by atoms with Crippen LogP contribution in [0.1, 0.15) is 39.0 Å². The molecule has 1 aliphatic heterocycles. The predicted molar refractivity (Wildman–Crippen MR) is 77.5 cm³/mol.